The molecule has 0 heterocycles. The fraction of sp³-hybridized carbons (Fsp3) is 0.818. The minimum absolute atomic E-state index is 0.935. The lowest BCUT2D eigenvalue weighted by molar-refractivity contribution is 0.544. The average molecular weight is 467 g/mol. The topological polar surface area (TPSA) is 0 Å². The molecule has 0 saturated carbocycles. The van der Waals surface area contributed by atoms with Crippen LogP contribution in [0, 0.1) is 12.8 Å². The molecule has 0 unspecified atom stereocenters. The molecule has 0 heteroatoms. The summed E-state index contributed by atoms with van der Waals surface area (Å²) in [6.07, 6.45) is 17.3. The highest BCUT2D eigenvalue weighted by Crippen LogP contribution is 2.03. The van der Waals surface area contributed by atoms with Crippen LogP contribution in [0.3, 0.4) is 0 Å². The Morgan fingerprint density at radius 2 is 0.848 bits per heavy atom. The van der Waals surface area contributed by atoms with Crippen LogP contribution in [-0.2, 0) is 6.42 Å². The molecule has 1 aromatic rings. The van der Waals surface area contributed by atoms with Crippen molar-refractivity contribution in [3.05, 3.63) is 35.4 Å². The lowest BCUT2D eigenvalue weighted by atomic mass is 10.1. The van der Waals surface area contributed by atoms with Crippen LogP contribution in [0.15, 0.2) is 24.3 Å². The smallest absolute Gasteiger partial charge is 0.0307 e. The van der Waals surface area contributed by atoms with Gasteiger partial charge in [0.2, 0.25) is 0 Å². The number of unbranched alkanes of at least 4 members (excludes halogenated alkanes) is 6. The Kier molecular flexibility index (Phi) is 57.6. The SMILES string of the molecule is CCC.CCC(C)CC.CCCC.CCCCC.CCCCCC.CCc1ccc(C)cc1. The molecule has 0 aliphatic heterocycles. The van der Waals surface area contributed by atoms with Gasteiger partial charge in [0.1, 0.15) is 0 Å². The second-order valence-corrected chi connectivity index (χ2v) is 9.03. The van der Waals surface area contributed by atoms with Gasteiger partial charge in [-0.2, -0.15) is 0 Å². The van der Waals surface area contributed by atoms with Gasteiger partial charge in [0.25, 0.3) is 0 Å². The minimum Gasteiger partial charge on any atom is -0.0656 e. The summed E-state index contributed by atoms with van der Waals surface area (Å²) in [5.41, 5.74) is 2.76. The normalized spacial score (nSPS) is 8.79. The van der Waals surface area contributed by atoms with Crippen molar-refractivity contribution >= 4 is 0 Å². The molecule has 0 aromatic heterocycles. The molecule has 1 rings (SSSR count). The summed E-state index contributed by atoms with van der Waals surface area (Å²) < 4.78 is 0. The van der Waals surface area contributed by atoms with E-state index in [-0.39, 0.29) is 0 Å². The Labute approximate surface area is 214 Å². The summed E-state index contributed by atoms with van der Waals surface area (Å²) in [5, 5.41) is 0. The number of hydrogen-bond acceptors (Lipinski definition) is 0. The molecule has 33 heavy (non-hydrogen) atoms. The van der Waals surface area contributed by atoms with Gasteiger partial charge >= 0.3 is 0 Å². The van der Waals surface area contributed by atoms with Crippen LogP contribution in [0.5, 0.6) is 0 Å². The van der Waals surface area contributed by atoms with Gasteiger partial charge in [-0.15, -0.1) is 0 Å². The van der Waals surface area contributed by atoms with E-state index in [0.717, 1.165) is 12.3 Å². The van der Waals surface area contributed by atoms with Crippen LogP contribution >= 0.6 is 0 Å². The van der Waals surface area contributed by atoms with Gasteiger partial charge in [-0.05, 0) is 24.8 Å². The zero-order valence-corrected chi connectivity index (χ0v) is 26.1. The van der Waals surface area contributed by atoms with Crippen molar-refractivity contribution in [1.82, 2.24) is 0 Å². The van der Waals surface area contributed by atoms with E-state index in [2.05, 4.69) is 114 Å². The standard InChI is InChI=1S/C9H12.2C6H14.C5H12.C4H10.C3H8/c1-3-9-6-4-8(2)5-7-9;1-4-6(3)5-2;1-3-5-6-4-2;1-3-5-4-2;1-3-4-2;1-3-2/h4-7H,3H2,1-2H3;6H,4-5H2,1-3H3;3-6H2,1-2H3;3-5H2,1-2H3;3-4H2,1-2H3;3H2,1-2H3. The fourth-order valence-electron chi connectivity index (χ4n) is 1.97. The highest BCUT2D eigenvalue weighted by molar-refractivity contribution is 5.20. The van der Waals surface area contributed by atoms with Crippen molar-refractivity contribution in [2.75, 3.05) is 0 Å². The molecule has 1 aromatic carbocycles. The first-order chi connectivity index (χ1) is 15.8. The van der Waals surface area contributed by atoms with Crippen molar-refractivity contribution in [2.45, 2.75) is 173 Å². The van der Waals surface area contributed by atoms with Gasteiger partial charge < -0.3 is 0 Å². The van der Waals surface area contributed by atoms with Crippen LogP contribution in [-0.4, -0.2) is 0 Å². The van der Waals surface area contributed by atoms with E-state index >= 15 is 0 Å². The van der Waals surface area contributed by atoms with Gasteiger partial charge in [-0.25, -0.2) is 0 Å². The molecule has 0 atom stereocenters. The Morgan fingerprint density at radius 3 is 1.00 bits per heavy atom. The molecule has 0 saturated heterocycles. The molecule has 0 amide bonds. The Bertz CT molecular complexity index is 350. The van der Waals surface area contributed by atoms with Crippen LogP contribution in [0.2, 0.25) is 0 Å². The summed E-state index contributed by atoms with van der Waals surface area (Å²) in [4.78, 5) is 0. The maximum atomic E-state index is 2.28. The van der Waals surface area contributed by atoms with E-state index < -0.39 is 0 Å². The zero-order chi connectivity index (χ0) is 26.8. The molecule has 0 fully saturated rings. The molecule has 0 radical (unpaired) electrons. The van der Waals surface area contributed by atoms with E-state index in [1.165, 1.54) is 88.2 Å². The third-order valence-electron chi connectivity index (χ3n) is 5.09. The highest BCUT2D eigenvalue weighted by Gasteiger charge is 1.88. The van der Waals surface area contributed by atoms with Crippen molar-refractivity contribution in [3.63, 3.8) is 0 Å². The van der Waals surface area contributed by atoms with Crippen molar-refractivity contribution < 1.29 is 0 Å². The summed E-state index contributed by atoms with van der Waals surface area (Å²) in [7, 11) is 0. The second kappa shape index (κ2) is 44.8. The number of rotatable bonds is 9. The van der Waals surface area contributed by atoms with Gasteiger partial charge in [-0.3, -0.25) is 0 Å². The molecule has 0 bridgehead atoms. The number of hydrogen-bond donors (Lipinski definition) is 0. The zero-order valence-electron chi connectivity index (χ0n) is 26.1. The van der Waals surface area contributed by atoms with Crippen LogP contribution < -0.4 is 0 Å². The average Bonchev–Trinajstić information content (AvgIpc) is 2.85. The lowest BCUT2D eigenvalue weighted by Crippen LogP contribution is -1.85. The molecular weight excluding hydrogens is 396 g/mol. The minimum atomic E-state index is 0.935. The maximum absolute atomic E-state index is 2.28. The molecule has 0 nitrogen and oxygen atoms in total. The van der Waals surface area contributed by atoms with Crippen LogP contribution in [0.1, 0.15) is 171 Å². The predicted octanol–water partition coefficient (Wildman–Crippen LogP) is 13.0. The van der Waals surface area contributed by atoms with Crippen LogP contribution in [0.25, 0.3) is 0 Å². The van der Waals surface area contributed by atoms with Crippen molar-refractivity contribution in [1.29, 1.82) is 0 Å². The van der Waals surface area contributed by atoms with Crippen LogP contribution in [0.4, 0.5) is 0 Å². The van der Waals surface area contributed by atoms with E-state index in [1.807, 2.05) is 0 Å². The summed E-state index contributed by atoms with van der Waals surface area (Å²) in [5.74, 6) is 0.935. The quantitative estimate of drug-likeness (QED) is 0.317. The van der Waals surface area contributed by atoms with Gasteiger partial charge in [0.15, 0.2) is 0 Å². The Morgan fingerprint density at radius 1 is 0.515 bits per heavy atom. The lowest BCUT2D eigenvalue weighted by Gasteiger charge is -1.98. The molecule has 0 aliphatic rings. The third kappa shape index (κ3) is 59.2. The van der Waals surface area contributed by atoms with Crippen molar-refractivity contribution in [2.24, 2.45) is 5.92 Å². The first kappa shape index (κ1) is 42.4. The number of benzene rings is 1. The molecule has 202 valence electrons. The van der Waals surface area contributed by atoms with E-state index in [0.29, 0.717) is 0 Å². The molecule has 0 N–H and O–H groups in total. The first-order valence-corrected chi connectivity index (χ1v) is 14.8. The predicted molar refractivity (Wildman–Crippen MR) is 162 cm³/mol. The largest absolute Gasteiger partial charge is 0.0656 e. The Balaban J connectivity index is -0.0000000988. The number of aryl methyl sites for hydroxylation is 2. The van der Waals surface area contributed by atoms with E-state index in [4.69, 9.17) is 0 Å². The molecule has 0 aliphatic carbocycles. The van der Waals surface area contributed by atoms with E-state index in [9.17, 15) is 0 Å². The van der Waals surface area contributed by atoms with Gasteiger partial charge in [0, 0.05) is 0 Å². The Hall–Kier alpha value is -0.780. The first-order valence-electron chi connectivity index (χ1n) is 14.8. The summed E-state index contributed by atoms with van der Waals surface area (Å²) >= 11 is 0. The fourth-order valence-corrected chi connectivity index (χ4v) is 1.97. The summed E-state index contributed by atoms with van der Waals surface area (Å²) in [6.45, 7) is 28.5. The van der Waals surface area contributed by atoms with Gasteiger partial charge in [-0.1, -0.05) is 190 Å². The highest BCUT2D eigenvalue weighted by atomic mass is 13.9. The van der Waals surface area contributed by atoms with E-state index in [1.54, 1.807) is 0 Å². The third-order valence-corrected chi connectivity index (χ3v) is 5.09. The maximum Gasteiger partial charge on any atom is -0.0307 e. The summed E-state index contributed by atoms with van der Waals surface area (Å²) in [6, 6.07) is 8.66. The second-order valence-electron chi connectivity index (χ2n) is 9.03. The monoisotopic (exact) mass is 467 g/mol. The van der Waals surface area contributed by atoms with Crippen molar-refractivity contribution in [3.8, 4) is 0 Å². The molecular formula is C33H70. The molecule has 0 spiro atoms. The van der Waals surface area contributed by atoms with Gasteiger partial charge in [0.05, 0.1) is 0 Å².